The van der Waals surface area contributed by atoms with Crippen LogP contribution in [-0.2, 0) is 33.4 Å². The third-order valence-electron chi connectivity index (χ3n) is 6.08. The first-order chi connectivity index (χ1) is 12.0. The Morgan fingerprint density at radius 1 is 1.42 bits per heavy atom. The lowest BCUT2D eigenvalue weighted by molar-refractivity contribution is -0.179. The molecular formula is C17H23NO7S. The Labute approximate surface area is 152 Å². The summed E-state index contributed by atoms with van der Waals surface area (Å²) in [6.45, 7) is 6.72. The number of ether oxygens (including phenoxy) is 2. The van der Waals surface area contributed by atoms with Gasteiger partial charge in [0.25, 0.3) is 10.1 Å². The van der Waals surface area contributed by atoms with E-state index in [0.29, 0.717) is 12.8 Å². The predicted molar refractivity (Wildman–Crippen MR) is 87.9 cm³/mol. The van der Waals surface area contributed by atoms with Crippen LogP contribution < -0.4 is 0 Å². The summed E-state index contributed by atoms with van der Waals surface area (Å²) in [5.74, 6) is -1.98. The second kappa shape index (κ2) is 5.92. The van der Waals surface area contributed by atoms with E-state index in [2.05, 4.69) is 0 Å². The number of hydrogen-bond acceptors (Lipinski definition) is 8. The van der Waals surface area contributed by atoms with E-state index in [4.69, 9.17) is 13.7 Å². The molecule has 26 heavy (non-hydrogen) atoms. The summed E-state index contributed by atoms with van der Waals surface area (Å²) >= 11 is 0. The van der Waals surface area contributed by atoms with Crippen LogP contribution in [0.4, 0.5) is 0 Å². The molecule has 3 rings (SSSR count). The van der Waals surface area contributed by atoms with Crippen LogP contribution in [0.25, 0.3) is 0 Å². The van der Waals surface area contributed by atoms with Crippen molar-refractivity contribution in [2.75, 3.05) is 0 Å². The maximum Gasteiger partial charge on any atom is 0.347 e. The van der Waals surface area contributed by atoms with Gasteiger partial charge in [-0.15, -0.1) is 0 Å². The number of esters is 2. The average Bonchev–Trinajstić information content (AvgIpc) is 3.15. The van der Waals surface area contributed by atoms with Crippen molar-refractivity contribution in [1.82, 2.24) is 0 Å². The zero-order valence-electron chi connectivity index (χ0n) is 15.2. The van der Waals surface area contributed by atoms with Gasteiger partial charge in [0.15, 0.2) is 10.9 Å². The lowest BCUT2D eigenvalue weighted by Gasteiger charge is -2.29. The number of rotatable bonds is 5. The molecule has 1 aliphatic heterocycles. The van der Waals surface area contributed by atoms with Gasteiger partial charge in [-0.1, -0.05) is 6.92 Å². The molecule has 0 spiro atoms. The third kappa shape index (κ3) is 2.54. The van der Waals surface area contributed by atoms with E-state index in [1.807, 2.05) is 13.0 Å². The van der Waals surface area contributed by atoms with Gasteiger partial charge in [0.2, 0.25) is 0 Å². The SMILES string of the molecule is CCC(C)(C)C(=O)OC(C)C(=O)OC1C2CC3C1OS(=O)(=O)C3(C#N)C2. The second-order valence-electron chi connectivity index (χ2n) is 8.01. The van der Waals surface area contributed by atoms with E-state index >= 15 is 0 Å². The van der Waals surface area contributed by atoms with E-state index in [-0.39, 0.29) is 12.3 Å². The maximum absolute atomic E-state index is 12.3. The highest BCUT2D eigenvalue weighted by Crippen LogP contribution is 2.61. The standard InChI is InChI=1S/C17H23NO7S/c1-5-16(3,4)15(20)23-9(2)14(19)24-12-10-6-11-13(12)25-26(21,22)17(11,7-10)8-18/h9-13H,5-7H2,1-4H3. The molecule has 1 heterocycles. The fraction of sp³-hybridized carbons (Fsp3) is 0.824. The Balaban J connectivity index is 1.68. The highest BCUT2D eigenvalue weighted by molar-refractivity contribution is 7.88. The first-order valence-corrected chi connectivity index (χ1v) is 10.2. The van der Waals surface area contributed by atoms with Crippen molar-refractivity contribution in [3.63, 3.8) is 0 Å². The van der Waals surface area contributed by atoms with Crippen molar-refractivity contribution in [2.24, 2.45) is 17.3 Å². The highest BCUT2D eigenvalue weighted by atomic mass is 32.2. The lowest BCUT2D eigenvalue weighted by Crippen LogP contribution is -2.45. The molecule has 3 aliphatic rings. The number of carbonyl (C=O) groups is 2. The fourth-order valence-corrected chi connectivity index (χ4v) is 5.86. The van der Waals surface area contributed by atoms with E-state index in [1.54, 1.807) is 13.8 Å². The maximum atomic E-state index is 12.3. The number of nitrogens with zero attached hydrogens (tertiary/aromatic N) is 1. The van der Waals surface area contributed by atoms with Gasteiger partial charge in [-0.3, -0.25) is 8.98 Å². The zero-order valence-corrected chi connectivity index (χ0v) is 16.0. The molecule has 1 saturated heterocycles. The molecular weight excluding hydrogens is 362 g/mol. The number of hydrogen-bond donors (Lipinski definition) is 0. The van der Waals surface area contributed by atoms with Gasteiger partial charge in [0.05, 0.1) is 11.5 Å². The van der Waals surface area contributed by atoms with Gasteiger partial charge in [-0.25, -0.2) is 4.79 Å². The van der Waals surface area contributed by atoms with Gasteiger partial charge in [0, 0.05) is 11.8 Å². The van der Waals surface area contributed by atoms with Crippen molar-refractivity contribution in [3.8, 4) is 6.07 Å². The molecule has 2 aliphatic carbocycles. The van der Waals surface area contributed by atoms with Crippen molar-refractivity contribution >= 4 is 22.1 Å². The molecule has 0 amide bonds. The van der Waals surface area contributed by atoms with Crippen LogP contribution in [0.1, 0.15) is 47.0 Å². The molecule has 0 aromatic rings. The van der Waals surface area contributed by atoms with Gasteiger partial charge in [0.1, 0.15) is 12.2 Å². The Hall–Kier alpha value is -1.66. The van der Waals surface area contributed by atoms with Crippen molar-refractivity contribution in [1.29, 1.82) is 5.26 Å². The Morgan fingerprint density at radius 3 is 2.65 bits per heavy atom. The molecule has 0 N–H and O–H groups in total. The molecule has 2 bridgehead atoms. The first-order valence-electron chi connectivity index (χ1n) is 8.74. The van der Waals surface area contributed by atoms with Gasteiger partial charge < -0.3 is 9.47 Å². The minimum absolute atomic E-state index is 0.0992. The molecule has 9 heteroatoms. The van der Waals surface area contributed by atoms with Crippen LogP contribution in [0.5, 0.6) is 0 Å². The van der Waals surface area contributed by atoms with Crippen molar-refractivity contribution in [3.05, 3.63) is 0 Å². The lowest BCUT2D eigenvalue weighted by atomic mass is 9.85. The Bertz CT molecular complexity index is 783. The van der Waals surface area contributed by atoms with Crippen LogP contribution in [0.15, 0.2) is 0 Å². The van der Waals surface area contributed by atoms with Gasteiger partial charge in [-0.2, -0.15) is 13.7 Å². The Kier molecular flexibility index (Phi) is 4.36. The van der Waals surface area contributed by atoms with E-state index < -0.39 is 56.4 Å². The van der Waals surface area contributed by atoms with E-state index in [9.17, 15) is 23.3 Å². The monoisotopic (exact) mass is 385 g/mol. The van der Waals surface area contributed by atoms with Crippen LogP contribution in [0.3, 0.4) is 0 Å². The number of fused-ring (bicyclic) bond motifs is 1. The highest BCUT2D eigenvalue weighted by Gasteiger charge is 2.74. The molecule has 8 nitrogen and oxygen atoms in total. The van der Waals surface area contributed by atoms with Gasteiger partial charge in [-0.05, 0) is 40.0 Å². The molecule has 0 aromatic heterocycles. The third-order valence-corrected chi connectivity index (χ3v) is 8.01. The summed E-state index contributed by atoms with van der Waals surface area (Å²) in [5, 5.41) is 9.38. The summed E-state index contributed by atoms with van der Waals surface area (Å²) in [7, 11) is -4.01. The Morgan fingerprint density at radius 2 is 2.08 bits per heavy atom. The molecule has 144 valence electrons. The van der Waals surface area contributed by atoms with Gasteiger partial charge >= 0.3 is 11.9 Å². The summed E-state index contributed by atoms with van der Waals surface area (Å²) in [6, 6.07) is 1.91. The van der Waals surface area contributed by atoms with Crippen LogP contribution >= 0.6 is 0 Å². The molecule has 6 atom stereocenters. The van der Waals surface area contributed by atoms with Crippen molar-refractivity contribution in [2.45, 2.75) is 70.0 Å². The summed E-state index contributed by atoms with van der Waals surface area (Å²) < 4.78 is 38.7. The second-order valence-corrected chi connectivity index (χ2v) is 9.84. The summed E-state index contributed by atoms with van der Waals surface area (Å²) in [6.07, 6.45) is -1.56. The predicted octanol–water partition coefficient (Wildman–Crippen LogP) is 1.30. The topological polar surface area (TPSA) is 120 Å². The van der Waals surface area contributed by atoms with Crippen LogP contribution in [0.2, 0.25) is 0 Å². The largest absolute Gasteiger partial charge is 0.457 e. The average molecular weight is 385 g/mol. The quantitative estimate of drug-likeness (QED) is 0.513. The van der Waals surface area contributed by atoms with Crippen LogP contribution in [-0.4, -0.2) is 43.4 Å². The summed E-state index contributed by atoms with van der Waals surface area (Å²) in [5.41, 5.74) is -0.712. The number of carbonyl (C=O) groups excluding carboxylic acids is 2. The fourth-order valence-electron chi connectivity index (χ4n) is 4.02. The van der Waals surface area contributed by atoms with Crippen LogP contribution in [0, 0.1) is 28.6 Å². The minimum atomic E-state index is -4.01. The molecule has 3 fully saturated rings. The molecule has 6 unspecified atom stereocenters. The molecule has 0 aromatic carbocycles. The van der Waals surface area contributed by atoms with E-state index in [0.717, 1.165) is 0 Å². The smallest absolute Gasteiger partial charge is 0.347 e. The molecule has 0 radical (unpaired) electrons. The van der Waals surface area contributed by atoms with E-state index in [1.165, 1.54) is 6.92 Å². The zero-order chi connectivity index (χ0) is 19.5. The molecule has 2 saturated carbocycles. The summed E-state index contributed by atoms with van der Waals surface area (Å²) in [4.78, 5) is 24.4. The minimum Gasteiger partial charge on any atom is -0.457 e. The van der Waals surface area contributed by atoms with Crippen molar-refractivity contribution < 1.29 is 31.7 Å². The number of nitriles is 1. The normalized spacial score (nSPS) is 37.8. The first kappa shape index (κ1) is 19.1.